The van der Waals surface area contributed by atoms with Crippen LogP contribution in [0.5, 0.6) is 5.88 Å². The normalized spacial score (nSPS) is 24.5. The highest BCUT2D eigenvalue weighted by molar-refractivity contribution is 5.55. The molecule has 1 aliphatic heterocycles. The summed E-state index contributed by atoms with van der Waals surface area (Å²) in [5.74, 6) is 1.80. The number of H-pyrrole nitrogens is 1. The van der Waals surface area contributed by atoms with Crippen molar-refractivity contribution in [2.24, 2.45) is 17.6 Å². The van der Waals surface area contributed by atoms with Crippen LogP contribution in [0.25, 0.3) is 0 Å². The van der Waals surface area contributed by atoms with Crippen LogP contribution < -0.4 is 10.5 Å². The van der Waals surface area contributed by atoms with Gasteiger partial charge in [-0.05, 0) is 44.4 Å². The van der Waals surface area contributed by atoms with E-state index in [0.717, 1.165) is 11.3 Å². The number of nitrogens with two attached hydrogens (primary N) is 1. The van der Waals surface area contributed by atoms with Crippen LogP contribution in [0, 0.1) is 30.1 Å². The lowest BCUT2D eigenvalue weighted by molar-refractivity contribution is 0.188. The minimum Gasteiger partial charge on any atom is -0.420 e. The maximum absolute atomic E-state index is 9.97. The van der Waals surface area contributed by atoms with Crippen LogP contribution in [0.1, 0.15) is 62.6 Å². The molecule has 0 bridgehead atoms. The number of nitrogens with zero attached hydrogens (tertiary/aromatic N) is 2. The van der Waals surface area contributed by atoms with Crippen molar-refractivity contribution < 1.29 is 4.74 Å². The Morgan fingerprint density at radius 3 is 2.26 bits per heavy atom. The highest BCUT2D eigenvalue weighted by atomic mass is 16.5. The van der Waals surface area contributed by atoms with Crippen LogP contribution in [0.4, 0.5) is 0 Å². The largest absolute Gasteiger partial charge is 0.420 e. The standard InChI is InChI=1S/C18H24N4O/c1-11-15-17(22-21-11)23-16(20)14(10-19)18(15,12-6-2-3-7-12)13-8-4-5-9-13/h12-13H,2-9,20H2,1H3,(H,21,22). The van der Waals surface area contributed by atoms with Crippen LogP contribution >= 0.6 is 0 Å². The van der Waals surface area contributed by atoms with E-state index in [1.54, 1.807) is 0 Å². The zero-order valence-electron chi connectivity index (χ0n) is 13.7. The Morgan fingerprint density at radius 2 is 1.74 bits per heavy atom. The Hall–Kier alpha value is -1.96. The zero-order valence-corrected chi connectivity index (χ0v) is 13.7. The summed E-state index contributed by atoms with van der Waals surface area (Å²) in [4.78, 5) is 0. The minimum absolute atomic E-state index is 0.269. The van der Waals surface area contributed by atoms with Crippen molar-refractivity contribution in [1.29, 1.82) is 5.26 Å². The molecular formula is C18H24N4O. The molecule has 122 valence electrons. The van der Waals surface area contributed by atoms with Crippen LogP contribution in [0.15, 0.2) is 11.5 Å². The van der Waals surface area contributed by atoms with Crippen LogP contribution in [0.2, 0.25) is 0 Å². The lowest BCUT2D eigenvalue weighted by Crippen LogP contribution is -2.46. The first-order valence-corrected chi connectivity index (χ1v) is 8.83. The van der Waals surface area contributed by atoms with E-state index in [1.165, 1.54) is 51.4 Å². The molecule has 4 rings (SSSR count). The van der Waals surface area contributed by atoms with E-state index in [2.05, 4.69) is 16.3 Å². The molecule has 0 saturated heterocycles. The number of fused-ring (bicyclic) bond motifs is 1. The Morgan fingerprint density at radius 1 is 1.17 bits per heavy atom. The summed E-state index contributed by atoms with van der Waals surface area (Å²) >= 11 is 0. The second-order valence-corrected chi connectivity index (χ2v) is 7.31. The molecule has 23 heavy (non-hydrogen) atoms. The van der Waals surface area contributed by atoms with E-state index in [0.29, 0.717) is 23.3 Å². The fourth-order valence-electron chi connectivity index (χ4n) is 5.51. The summed E-state index contributed by atoms with van der Waals surface area (Å²) in [6.45, 7) is 2.05. The number of allylic oxidation sites excluding steroid dienone is 1. The molecule has 3 aliphatic rings. The second kappa shape index (κ2) is 5.30. The number of aromatic nitrogens is 2. The van der Waals surface area contributed by atoms with Gasteiger partial charge >= 0.3 is 0 Å². The van der Waals surface area contributed by atoms with E-state index < -0.39 is 0 Å². The van der Waals surface area contributed by atoms with Gasteiger partial charge in [0.05, 0.1) is 0 Å². The maximum Gasteiger partial charge on any atom is 0.244 e. The molecule has 0 spiro atoms. The first-order valence-electron chi connectivity index (χ1n) is 8.83. The summed E-state index contributed by atoms with van der Waals surface area (Å²) in [5.41, 5.74) is 8.71. The average molecular weight is 312 g/mol. The highest BCUT2D eigenvalue weighted by Gasteiger charge is 2.56. The quantitative estimate of drug-likeness (QED) is 0.875. The number of ether oxygens (including phenoxy) is 1. The van der Waals surface area contributed by atoms with E-state index in [-0.39, 0.29) is 11.3 Å². The molecule has 2 fully saturated rings. The highest BCUT2D eigenvalue weighted by Crippen LogP contribution is 2.59. The van der Waals surface area contributed by atoms with Gasteiger partial charge in [-0.25, -0.2) is 0 Å². The average Bonchev–Trinajstić information content (AvgIpc) is 3.28. The van der Waals surface area contributed by atoms with Crippen molar-refractivity contribution in [2.75, 3.05) is 0 Å². The molecule has 2 heterocycles. The summed E-state index contributed by atoms with van der Waals surface area (Å²) in [7, 11) is 0. The lowest BCUT2D eigenvalue weighted by Gasteiger charge is -2.46. The number of rotatable bonds is 2. The van der Waals surface area contributed by atoms with E-state index in [9.17, 15) is 5.26 Å². The molecule has 3 N–H and O–H groups in total. The summed E-state index contributed by atoms with van der Waals surface area (Å²) in [6, 6.07) is 2.44. The monoisotopic (exact) mass is 312 g/mol. The topological polar surface area (TPSA) is 87.7 Å². The predicted molar refractivity (Wildman–Crippen MR) is 86.4 cm³/mol. The number of nitrogens with one attached hydrogen (secondary N) is 1. The SMILES string of the molecule is Cc1[nH]nc2c1C(C1CCCC1)(C1CCCC1)C(C#N)=C(N)O2. The first-order chi connectivity index (χ1) is 11.2. The third kappa shape index (κ3) is 1.87. The summed E-state index contributed by atoms with van der Waals surface area (Å²) in [6.07, 6.45) is 9.63. The molecule has 5 nitrogen and oxygen atoms in total. The Labute approximate surface area is 136 Å². The van der Waals surface area contributed by atoms with Crippen molar-refractivity contribution in [3.05, 3.63) is 22.7 Å². The second-order valence-electron chi connectivity index (χ2n) is 7.31. The molecule has 0 unspecified atom stereocenters. The van der Waals surface area contributed by atoms with Gasteiger partial charge in [0.15, 0.2) is 0 Å². The van der Waals surface area contributed by atoms with Gasteiger partial charge in [-0.15, -0.1) is 5.10 Å². The maximum atomic E-state index is 9.97. The first kappa shape index (κ1) is 14.6. The van der Waals surface area contributed by atoms with Gasteiger partial charge < -0.3 is 10.5 Å². The molecule has 2 aliphatic carbocycles. The Kier molecular flexibility index (Phi) is 3.37. The van der Waals surface area contributed by atoms with Gasteiger partial charge in [-0.1, -0.05) is 25.7 Å². The molecule has 2 saturated carbocycles. The molecule has 0 radical (unpaired) electrons. The molecule has 5 heteroatoms. The minimum atomic E-state index is -0.295. The zero-order chi connectivity index (χ0) is 16.0. The molecule has 0 amide bonds. The fraction of sp³-hybridized carbons (Fsp3) is 0.667. The summed E-state index contributed by atoms with van der Waals surface area (Å²) < 4.78 is 5.72. The number of aryl methyl sites for hydroxylation is 1. The summed E-state index contributed by atoms with van der Waals surface area (Å²) in [5, 5.41) is 17.4. The van der Waals surface area contributed by atoms with Crippen LogP contribution in [0.3, 0.4) is 0 Å². The molecule has 1 aromatic heterocycles. The van der Waals surface area contributed by atoms with Crippen molar-refractivity contribution in [3.8, 4) is 11.9 Å². The van der Waals surface area contributed by atoms with Crippen molar-refractivity contribution in [2.45, 2.75) is 63.7 Å². The fourth-order valence-corrected chi connectivity index (χ4v) is 5.51. The predicted octanol–water partition coefficient (Wildman–Crippen LogP) is 3.42. The third-order valence-corrected chi connectivity index (χ3v) is 6.30. The van der Waals surface area contributed by atoms with Gasteiger partial charge in [0.2, 0.25) is 11.8 Å². The van der Waals surface area contributed by atoms with Gasteiger partial charge in [0.1, 0.15) is 11.6 Å². The number of hydrogen-bond acceptors (Lipinski definition) is 4. The number of aromatic amines is 1. The Balaban J connectivity index is 2.00. The van der Waals surface area contributed by atoms with E-state index in [4.69, 9.17) is 10.5 Å². The number of hydrogen-bond donors (Lipinski definition) is 2. The smallest absolute Gasteiger partial charge is 0.244 e. The van der Waals surface area contributed by atoms with E-state index >= 15 is 0 Å². The van der Waals surface area contributed by atoms with Gasteiger partial charge in [0, 0.05) is 16.7 Å². The van der Waals surface area contributed by atoms with Gasteiger partial charge in [-0.2, -0.15) is 5.26 Å². The van der Waals surface area contributed by atoms with Crippen LogP contribution in [-0.4, -0.2) is 10.2 Å². The van der Waals surface area contributed by atoms with Gasteiger partial charge in [0.25, 0.3) is 0 Å². The molecule has 0 aromatic carbocycles. The van der Waals surface area contributed by atoms with E-state index in [1.807, 2.05) is 6.92 Å². The third-order valence-electron chi connectivity index (χ3n) is 6.30. The van der Waals surface area contributed by atoms with Crippen molar-refractivity contribution in [1.82, 2.24) is 10.2 Å². The van der Waals surface area contributed by atoms with Crippen LogP contribution in [-0.2, 0) is 5.41 Å². The molecular weight excluding hydrogens is 288 g/mol. The lowest BCUT2D eigenvalue weighted by atomic mass is 9.56. The molecule has 0 atom stereocenters. The number of nitriles is 1. The van der Waals surface area contributed by atoms with Gasteiger partial charge in [-0.3, -0.25) is 5.10 Å². The van der Waals surface area contributed by atoms with Crippen molar-refractivity contribution >= 4 is 0 Å². The van der Waals surface area contributed by atoms with Crippen molar-refractivity contribution in [3.63, 3.8) is 0 Å². The molecule has 1 aromatic rings. The Bertz CT molecular complexity index is 668.